The number of aromatic nitrogens is 2. The van der Waals surface area contributed by atoms with Gasteiger partial charge in [0.1, 0.15) is 0 Å². The number of piperazine rings is 1. The number of anilines is 1. The zero-order valence-electron chi connectivity index (χ0n) is 14.6. The lowest BCUT2D eigenvalue weighted by molar-refractivity contribution is -0.133. The van der Waals surface area contributed by atoms with Crippen LogP contribution in [0.1, 0.15) is 17.9 Å². The lowest BCUT2D eigenvalue weighted by atomic mass is 10.1. The van der Waals surface area contributed by atoms with E-state index >= 15 is 0 Å². The van der Waals surface area contributed by atoms with Crippen molar-refractivity contribution in [3.05, 3.63) is 60.2 Å². The Morgan fingerprint density at radius 1 is 0.962 bits per heavy atom. The molecule has 1 saturated carbocycles. The second-order valence-electron chi connectivity index (χ2n) is 7.25. The minimum absolute atomic E-state index is 0.176. The van der Waals surface area contributed by atoms with E-state index in [-0.39, 0.29) is 5.92 Å². The number of aromatic amines is 1. The van der Waals surface area contributed by atoms with Gasteiger partial charge in [0.15, 0.2) is 0 Å². The van der Waals surface area contributed by atoms with Gasteiger partial charge in [0.2, 0.25) is 11.9 Å². The standard InChI is InChI=1S/C21H22N4O/c26-20(17-14-16(17)15-6-2-1-3-7-15)24-10-12-25(13-11-24)21-22-18-8-4-5-9-19(18)23-21/h1-9,16-17H,10-14H2,(H,22,23). The SMILES string of the molecule is O=C(C1CC1c1ccccc1)N1CCN(c2nc3ccccc3[nH]2)CC1. The van der Waals surface area contributed by atoms with Gasteiger partial charge in [0.25, 0.3) is 0 Å². The van der Waals surface area contributed by atoms with Crippen LogP contribution >= 0.6 is 0 Å². The molecule has 5 heteroatoms. The summed E-state index contributed by atoms with van der Waals surface area (Å²) in [5.41, 5.74) is 3.35. The fraction of sp³-hybridized carbons (Fsp3) is 0.333. The summed E-state index contributed by atoms with van der Waals surface area (Å²) in [6, 6.07) is 18.5. The van der Waals surface area contributed by atoms with Crippen LogP contribution in [0.2, 0.25) is 0 Å². The number of rotatable bonds is 3. The lowest BCUT2D eigenvalue weighted by Crippen LogP contribution is -2.49. The number of benzene rings is 2. The van der Waals surface area contributed by atoms with Crippen molar-refractivity contribution in [2.24, 2.45) is 5.92 Å². The van der Waals surface area contributed by atoms with E-state index in [9.17, 15) is 4.79 Å². The second kappa shape index (κ2) is 6.16. The monoisotopic (exact) mass is 346 g/mol. The van der Waals surface area contributed by atoms with Crippen LogP contribution in [0.25, 0.3) is 11.0 Å². The van der Waals surface area contributed by atoms with E-state index in [4.69, 9.17) is 0 Å². The van der Waals surface area contributed by atoms with Gasteiger partial charge in [-0.1, -0.05) is 42.5 Å². The molecule has 1 saturated heterocycles. The molecule has 1 N–H and O–H groups in total. The number of fused-ring (bicyclic) bond motifs is 1. The number of nitrogens with one attached hydrogen (secondary N) is 1. The largest absolute Gasteiger partial charge is 0.339 e. The Bertz CT molecular complexity index is 894. The molecule has 3 aromatic rings. The first-order valence-corrected chi connectivity index (χ1v) is 9.33. The molecule has 1 aromatic heterocycles. The average molecular weight is 346 g/mol. The first kappa shape index (κ1) is 15.4. The van der Waals surface area contributed by atoms with Crippen molar-refractivity contribution in [1.29, 1.82) is 0 Å². The van der Waals surface area contributed by atoms with Crippen LogP contribution in [-0.2, 0) is 4.79 Å². The maximum Gasteiger partial charge on any atom is 0.226 e. The highest BCUT2D eigenvalue weighted by Gasteiger charge is 2.46. The number of carbonyl (C=O) groups excluding carboxylic acids is 1. The van der Waals surface area contributed by atoms with E-state index in [0.29, 0.717) is 11.8 Å². The Kier molecular flexibility index (Phi) is 3.66. The van der Waals surface area contributed by atoms with Gasteiger partial charge < -0.3 is 14.8 Å². The first-order valence-electron chi connectivity index (χ1n) is 9.33. The molecule has 26 heavy (non-hydrogen) atoms. The summed E-state index contributed by atoms with van der Waals surface area (Å²) in [6.45, 7) is 3.20. The molecule has 1 aliphatic heterocycles. The topological polar surface area (TPSA) is 52.2 Å². The van der Waals surface area contributed by atoms with Crippen LogP contribution < -0.4 is 4.90 Å². The van der Waals surface area contributed by atoms with Gasteiger partial charge in [-0.25, -0.2) is 4.98 Å². The molecule has 2 aliphatic rings. The van der Waals surface area contributed by atoms with Gasteiger partial charge in [0.05, 0.1) is 11.0 Å². The number of para-hydroxylation sites is 2. The van der Waals surface area contributed by atoms with Gasteiger partial charge in [-0.3, -0.25) is 4.79 Å². The Morgan fingerprint density at radius 3 is 2.46 bits per heavy atom. The van der Waals surface area contributed by atoms with Gasteiger partial charge in [-0.2, -0.15) is 0 Å². The van der Waals surface area contributed by atoms with Crippen molar-refractivity contribution < 1.29 is 4.79 Å². The molecule has 2 fully saturated rings. The summed E-state index contributed by atoms with van der Waals surface area (Å²) in [4.78, 5) is 25.1. The van der Waals surface area contributed by atoms with E-state index in [0.717, 1.165) is 49.6 Å². The molecule has 2 aromatic carbocycles. The summed E-state index contributed by atoms with van der Waals surface area (Å²) in [7, 11) is 0. The normalized spacial score (nSPS) is 22.6. The summed E-state index contributed by atoms with van der Waals surface area (Å²) in [5, 5.41) is 0. The van der Waals surface area contributed by atoms with Crippen LogP contribution in [0.4, 0.5) is 5.95 Å². The summed E-state index contributed by atoms with van der Waals surface area (Å²) in [6.07, 6.45) is 0.993. The number of nitrogens with zero attached hydrogens (tertiary/aromatic N) is 3. The second-order valence-corrected chi connectivity index (χ2v) is 7.25. The molecule has 5 nitrogen and oxygen atoms in total. The Labute approximate surface area is 152 Å². The molecule has 0 spiro atoms. The molecule has 2 atom stereocenters. The Morgan fingerprint density at radius 2 is 1.69 bits per heavy atom. The molecule has 2 heterocycles. The van der Waals surface area contributed by atoms with Crippen molar-refractivity contribution in [3.8, 4) is 0 Å². The molecular formula is C21H22N4O. The molecule has 0 bridgehead atoms. The van der Waals surface area contributed by atoms with E-state index < -0.39 is 0 Å². The zero-order chi connectivity index (χ0) is 17.5. The highest BCUT2D eigenvalue weighted by molar-refractivity contribution is 5.83. The number of imidazole rings is 1. The molecule has 5 rings (SSSR count). The number of H-pyrrole nitrogens is 1. The van der Waals surface area contributed by atoms with E-state index in [2.05, 4.69) is 39.1 Å². The number of hydrogen-bond donors (Lipinski definition) is 1. The first-order chi connectivity index (χ1) is 12.8. The van der Waals surface area contributed by atoms with E-state index in [1.54, 1.807) is 0 Å². The van der Waals surface area contributed by atoms with Gasteiger partial charge >= 0.3 is 0 Å². The van der Waals surface area contributed by atoms with Crippen LogP contribution in [0.15, 0.2) is 54.6 Å². The minimum Gasteiger partial charge on any atom is -0.339 e. The van der Waals surface area contributed by atoms with Crippen LogP contribution in [0, 0.1) is 5.92 Å². The third-order valence-electron chi connectivity index (χ3n) is 5.60. The molecule has 1 amide bonds. The fourth-order valence-corrected chi connectivity index (χ4v) is 4.00. The number of hydrogen-bond acceptors (Lipinski definition) is 3. The van der Waals surface area contributed by atoms with E-state index in [1.165, 1.54) is 5.56 Å². The third-order valence-corrected chi connectivity index (χ3v) is 5.60. The van der Waals surface area contributed by atoms with E-state index in [1.807, 2.05) is 35.2 Å². The van der Waals surface area contributed by atoms with Crippen molar-refractivity contribution in [2.45, 2.75) is 12.3 Å². The average Bonchev–Trinajstić information content (AvgIpc) is 3.39. The highest BCUT2D eigenvalue weighted by atomic mass is 16.2. The Hall–Kier alpha value is -2.82. The van der Waals surface area contributed by atoms with Crippen LogP contribution in [-0.4, -0.2) is 47.0 Å². The Balaban J connectivity index is 1.21. The maximum absolute atomic E-state index is 12.8. The smallest absolute Gasteiger partial charge is 0.226 e. The molecule has 132 valence electrons. The predicted octanol–water partition coefficient (Wildman–Crippen LogP) is 3.02. The third kappa shape index (κ3) is 2.73. The lowest BCUT2D eigenvalue weighted by Gasteiger charge is -2.34. The summed E-state index contributed by atoms with van der Waals surface area (Å²) >= 11 is 0. The van der Waals surface area contributed by atoms with Gasteiger partial charge in [-0.05, 0) is 30.0 Å². The minimum atomic E-state index is 0.176. The number of carbonyl (C=O) groups is 1. The summed E-state index contributed by atoms with van der Waals surface area (Å²) in [5.74, 6) is 1.82. The van der Waals surface area contributed by atoms with Crippen LogP contribution in [0.5, 0.6) is 0 Å². The van der Waals surface area contributed by atoms with Crippen molar-refractivity contribution >= 4 is 22.9 Å². The molecular weight excluding hydrogens is 324 g/mol. The van der Waals surface area contributed by atoms with Gasteiger partial charge in [-0.15, -0.1) is 0 Å². The molecule has 2 unspecified atom stereocenters. The fourth-order valence-electron chi connectivity index (χ4n) is 4.00. The zero-order valence-corrected chi connectivity index (χ0v) is 14.6. The maximum atomic E-state index is 12.8. The van der Waals surface area contributed by atoms with Crippen molar-refractivity contribution in [1.82, 2.24) is 14.9 Å². The van der Waals surface area contributed by atoms with Crippen molar-refractivity contribution in [3.63, 3.8) is 0 Å². The predicted molar refractivity (Wildman–Crippen MR) is 102 cm³/mol. The van der Waals surface area contributed by atoms with Gasteiger partial charge in [0, 0.05) is 32.1 Å². The highest BCUT2D eigenvalue weighted by Crippen LogP contribution is 2.48. The molecule has 1 aliphatic carbocycles. The van der Waals surface area contributed by atoms with Crippen LogP contribution in [0.3, 0.4) is 0 Å². The summed E-state index contributed by atoms with van der Waals surface area (Å²) < 4.78 is 0. The van der Waals surface area contributed by atoms with Crippen molar-refractivity contribution in [2.75, 3.05) is 31.1 Å². The quantitative estimate of drug-likeness (QED) is 0.793. The molecule has 0 radical (unpaired) electrons. The number of amides is 1.